The van der Waals surface area contributed by atoms with Crippen LogP contribution in [-0.4, -0.2) is 47.9 Å². The van der Waals surface area contributed by atoms with Crippen LogP contribution in [0.15, 0.2) is 11.4 Å². The van der Waals surface area contributed by atoms with Crippen molar-refractivity contribution in [3.05, 3.63) is 11.4 Å². The lowest BCUT2D eigenvalue weighted by atomic mass is 9.85. The summed E-state index contributed by atoms with van der Waals surface area (Å²) in [4.78, 5) is 13.2. The lowest BCUT2D eigenvalue weighted by molar-refractivity contribution is 0.106. The number of allylic oxidation sites excluding steroid dienone is 1. The molecular weight excluding hydrogens is 225 g/mol. The third kappa shape index (κ3) is 3.64. The van der Waals surface area contributed by atoms with Crippen LogP contribution in [0.3, 0.4) is 0 Å². The largest absolute Gasteiger partial charge is 0.529 e. The molecule has 6 nitrogen and oxygen atoms in total. The molecule has 0 fully saturated rings. The molecule has 0 aliphatic carbocycles. The van der Waals surface area contributed by atoms with E-state index in [1.54, 1.807) is 0 Å². The lowest BCUT2D eigenvalue weighted by Gasteiger charge is -2.23. The zero-order valence-corrected chi connectivity index (χ0v) is 10.2. The Morgan fingerprint density at radius 2 is 2.12 bits per heavy atom. The van der Waals surface area contributed by atoms with Crippen molar-refractivity contribution in [2.45, 2.75) is 26.7 Å². The van der Waals surface area contributed by atoms with Gasteiger partial charge in [0.1, 0.15) is 5.76 Å². The molecule has 0 spiro atoms. The Morgan fingerprint density at radius 1 is 1.47 bits per heavy atom. The first kappa shape index (κ1) is 13.9. The van der Waals surface area contributed by atoms with Gasteiger partial charge in [0.05, 0.1) is 6.61 Å². The maximum absolute atomic E-state index is 11.7. The van der Waals surface area contributed by atoms with Gasteiger partial charge in [-0.05, 0) is 20.3 Å². The Labute approximate surface area is 101 Å². The Kier molecular flexibility index (Phi) is 5.31. The van der Waals surface area contributed by atoms with E-state index in [-0.39, 0.29) is 11.4 Å². The van der Waals surface area contributed by atoms with Crippen LogP contribution in [0.4, 0.5) is 4.79 Å². The van der Waals surface area contributed by atoms with Crippen LogP contribution < -0.4 is 0 Å². The number of ether oxygens (including phenoxy) is 2. The zero-order chi connectivity index (χ0) is 12.8. The van der Waals surface area contributed by atoms with Gasteiger partial charge < -0.3 is 24.4 Å². The first-order valence-electron chi connectivity index (χ1n) is 5.78. The minimum Gasteiger partial charge on any atom is -0.498 e. The number of amides is 1. The van der Waals surface area contributed by atoms with E-state index in [2.05, 4.69) is 0 Å². The van der Waals surface area contributed by atoms with Crippen LogP contribution in [0.25, 0.3) is 0 Å². The Bertz CT molecular complexity index is 301. The van der Waals surface area contributed by atoms with E-state index in [0.717, 1.165) is 0 Å². The fourth-order valence-electron chi connectivity index (χ4n) is 1.59. The second-order valence-electron chi connectivity index (χ2n) is 3.65. The van der Waals surface area contributed by atoms with E-state index in [1.165, 1.54) is 4.90 Å². The SMILES string of the molecule is CCN(CC)C(=O)OC1=C(B(O)O)OCCC1. The molecule has 1 aliphatic heterocycles. The Morgan fingerprint density at radius 3 is 2.65 bits per heavy atom. The monoisotopic (exact) mass is 243 g/mol. The maximum Gasteiger partial charge on any atom is 0.529 e. The molecule has 1 aliphatic rings. The molecule has 0 aromatic carbocycles. The summed E-state index contributed by atoms with van der Waals surface area (Å²) in [6, 6.07) is 0. The van der Waals surface area contributed by atoms with Gasteiger partial charge in [0.2, 0.25) is 0 Å². The van der Waals surface area contributed by atoms with Crippen LogP contribution in [0.5, 0.6) is 0 Å². The van der Waals surface area contributed by atoms with E-state index in [0.29, 0.717) is 32.5 Å². The molecule has 0 aromatic heterocycles. The van der Waals surface area contributed by atoms with Crippen LogP contribution in [-0.2, 0) is 9.47 Å². The second-order valence-corrected chi connectivity index (χ2v) is 3.65. The van der Waals surface area contributed by atoms with Gasteiger partial charge in [-0.2, -0.15) is 0 Å². The van der Waals surface area contributed by atoms with E-state index in [1.807, 2.05) is 13.8 Å². The average Bonchev–Trinajstić information content (AvgIpc) is 2.31. The van der Waals surface area contributed by atoms with Crippen LogP contribution >= 0.6 is 0 Å². The van der Waals surface area contributed by atoms with E-state index < -0.39 is 13.2 Å². The molecule has 1 rings (SSSR count). The van der Waals surface area contributed by atoms with Crippen molar-refractivity contribution in [1.29, 1.82) is 0 Å². The van der Waals surface area contributed by atoms with Crippen molar-refractivity contribution in [1.82, 2.24) is 4.90 Å². The van der Waals surface area contributed by atoms with Crippen LogP contribution in [0, 0.1) is 0 Å². The third-order valence-corrected chi connectivity index (χ3v) is 2.55. The lowest BCUT2D eigenvalue weighted by Crippen LogP contribution is -2.33. The second kappa shape index (κ2) is 6.51. The Balaban J connectivity index is 2.73. The summed E-state index contributed by atoms with van der Waals surface area (Å²) in [5.74, 6) is 0.211. The number of rotatable bonds is 4. The molecule has 2 N–H and O–H groups in total. The molecule has 17 heavy (non-hydrogen) atoms. The number of hydrogen-bond donors (Lipinski definition) is 2. The summed E-state index contributed by atoms with van der Waals surface area (Å²) in [5, 5.41) is 18.2. The van der Waals surface area contributed by atoms with Crippen LogP contribution in [0.1, 0.15) is 26.7 Å². The Hall–Kier alpha value is -1.21. The van der Waals surface area contributed by atoms with Gasteiger partial charge in [-0.1, -0.05) is 0 Å². The van der Waals surface area contributed by atoms with Gasteiger partial charge in [-0.25, -0.2) is 4.79 Å². The molecule has 0 bridgehead atoms. The zero-order valence-electron chi connectivity index (χ0n) is 10.2. The predicted molar refractivity (Wildman–Crippen MR) is 61.8 cm³/mol. The van der Waals surface area contributed by atoms with Gasteiger partial charge in [-0.3, -0.25) is 0 Å². The van der Waals surface area contributed by atoms with Gasteiger partial charge in [0.15, 0.2) is 5.66 Å². The molecule has 0 saturated heterocycles. The fraction of sp³-hybridized carbons (Fsp3) is 0.700. The van der Waals surface area contributed by atoms with E-state index in [4.69, 9.17) is 19.5 Å². The van der Waals surface area contributed by atoms with Crippen molar-refractivity contribution < 1.29 is 24.3 Å². The highest BCUT2D eigenvalue weighted by atomic mass is 16.6. The molecule has 0 aromatic rings. The van der Waals surface area contributed by atoms with Crippen molar-refractivity contribution in [2.75, 3.05) is 19.7 Å². The van der Waals surface area contributed by atoms with Crippen molar-refractivity contribution in [3.8, 4) is 0 Å². The van der Waals surface area contributed by atoms with Gasteiger partial charge >= 0.3 is 13.2 Å². The van der Waals surface area contributed by atoms with Crippen molar-refractivity contribution in [3.63, 3.8) is 0 Å². The van der Waals surface area contributed by atoms with Gasteiger partial charge in [-0.15, -0.1) is 0 Å². The molecule has 1 amide bonds. The molecule has 0 unspecified atom stereocenters. The third-order valence-electron chi connectivity index (χ3n) is 2.55. The summed E-state index contributed by atoms with van der Waals surface area (Å²) >= 11 is 0. The summed E-state index contributed by atoms with van der Waals surface area (Å²) < 4.78 is 10.2. The van der Waals surface area contributed by atoms with Crippen molar-refractivity contribution in [2.24, 2.45) is 0 Å². The number of carbonyl (C=O) groups excluding carboxylic acids is 1. The van der Waals surface area contributed by atoms with E-state index >= 15 is 0 Å². The normalized spacial score (nSPS) is 15.3. The number of carbonyl (C=O) groups is 1. The standard InChI is InChI=1S/C10H18BNO5/c1-3-12(4-2)10(13)17-8-6-5-7-16-9(8)11(14)15/h14-15H,3-7H2,1-2H3. The topological polar surface area (TPSA) is 79.2 Å². The molecule has 7 heteroatoms. The number of nitrogens with zero attached hydrogens (tertiary/aromatic N) is 1. The minimum atomic E-state index is -1.74. The van der Waals surface area contributed by atoms with Gasteiger partial charge in [0.25, 0.3) is 0 Å². The summed E-state index contributed by atoms with van der Waals surface area (Å²) in [5.41, 5.74) is -0.0586. The molecule has 0 atom stereocenters. The molecule has 96 valence electrons. The highest BCUT2D eigenvalue weighted by Crippen LogP contribution is 2.21. The molecule has 1 heterocycles. The quantitative estimate of drug-likeness (QED) is 0.703. The van der Waals surface area contributed by atoms with Gasteiger partial charge in [0, 0.05) is 19.5 Å². The minimum absolute atomic E-state index is 0.0586. The first-order chi connectivity index (χ1) is 8.10. The fourth-order valence-corrected chi connectivity index (χ4v) is 1.59. The molecular formula is C10H18BNO5. The smallest absolute Gasteiger partial charge is 0.498 e. The predicted octanol–water partition coefficient (Wildman–Crippen LogP) is 0.499. The van der Waals surface area contributed by atoms with Crippen molar-refractivity contribution >= 4 is 13.2 Å². The van der Waals surface area contributed by atoms with Crippen LogP contribution in [0.2, 0.25) is 0 Å². The highest BCUT2D eigenvalue weighted by molar-refractivity contribution is 6.50. The highest BCUT2D eigenvalue weighted by Gasteiger charge is 2.28. The summed E-state index contributed by atoms with van der Waals surface area (Å²) in [6.07, 6.45) is 0.672. The summed E-state index contributed by atoms with van der Waals surface area (Å²) in [6.45, 7) is 5.18. The maximum atomic E-state index is 11.7. The number of hydrogen-bond acceptors (Lipinski definition) is 5. The molecule has 0 saturated carbocycles. The molecule has 0 radical (unpaired) electrons. The first-order valence-corrected chi connectivity index (χ1v) is 5.78. The summed E-state index contributed by atoms with van der Waals surface area (Å²) in [7, 11) is -1.74. The average molecular weight is 243 g/mol. The van der Waals surface area contributed by atoms with E-state index in [9.17, 15) is 4.79 Å².